The van der Waals surface area contributed by atoms with Crippen molar-refractivity contribution in [2.75, 3.05) is 20.2 Å². The van der Waals surface area contributed by atoms with E-state index < -0.39 is 0 Å². The SMILES string of the molecule is COc1ccc2cc(C(=O)N3CCC([C@H](C)C(=O)NCc4ccccc4F)CC3)[nH]c2c1. The third-order valence-electron chi connectivity index (χ3n) is 6.42. The van der Waals surface area contributed by atoms with E-state index in [9.17, 15) is 14.0 Å². The molecule has 0 saturated carbocycles. The van der Waals surface area contributed by atoms with Crippen molar-refractivity contribution < 1.29 is 18.7 Å². The Balaban J connectivity index is 1.31. The Hall–Kier alpha value is -3.35. The molecule has 1 aliphatic heterocycles. The molecule has 1 aliphatic rings. The molecule has 0 unspecified atom stereocenters. The van der Waals surface area contributed by atoms with E-state index in [1.165, 1.54) is 6.07 Å². The van der Waals surface area contributed by atoms with Gasteiger partial charge in [-0.15, -0.1) is 0 Å². The molecule has 1 fully saturated rings. The summed E-state index contributed by atoms with van der Waals surface area (Å²) in [5.41, 5.74) is 1.90. The first-order valence-corrected chi connectivity index (χ1v) is 10.9. The van der Waals surface area contributed by atoms with Gasteiger partial charge < -0.3 is 19.9 Å². The molecule has 6 nitrogen and oxygen atoms in total. The highest BCUT2D eigenvalue weighted by atomic mass is 19.1. The number of piperidine rings is 1. The second-order valence-corrected chi connectivity index (χ2v) is 8.36. The predicted octanol–water partition coefficient (Wildman–Crippen LogP) is 4.12. The van der Waals surface area contributed by atoms with Crippen molar-refractivity contribution in [2.24, 2.45) is 11.8 Å². The summed E-state index contributed by atoms with van der Waals surface area (Å²) in [6.07, 6.45) is 1.52. The summed E-state index contributed by atoms with van der Waals surface area (Å²) in [6.45, 7) is 3.29. The van der Waals surface area contributed by atoms with Crippen LogP contribution >= 0.6 is 0 Å². The molecule has 4 rings (SSSR count). The van der Waals surface area contributed by atoms with E-state index in [-0.39, 0.29) is 36.0 Å². The van der Waals surface area contributed by atoms with Crippen molar-refractivity contribution in [1.29, 1.82) is 0 Å². The smallest absolute Gasteiger partial charge is 0.270 e. The number of aromatic nitrogens is 1. The van der Waals surface area contributed by atoms with Gasteiger partial charge in [-0.3, -0.25) is 9.59 Å². The monoisotopic (exact) mass is 437 g/mol. The first kappa shape index (κ1) is 21.9. The van der Waals surface area contributed by atoms with Crippen LogP contribution in [0.4, 0.5) is 4.39 Å². The van der Waals surface area contributed by atoms with Gasteiger partial charge in [0.1, 0.15) is 17.3 Å². The first-order chi connectivity index (χ1) is 15.5. The standard InChI is InChI=1S/C25H28FN3O3/c1-16(24(30)27-15-19-5-3-4-6-21(19)26)17-9-11-29(12-10-17)25(31)23-13-18-7-8-20(32-2)14-22(18)28-23/h3-8,13-14,16-17,28H,9-12,15H2,1-2H3,(H,27,30)/t16-/m0/s1. The van der Waals surface area contributed by atoms with Crippen molar-refractivity contribution in [1.82, 2.24) is 15.2 Å². The van der Waals surface area contributed by atoms with E-state index >= 15 is 0 Å². The Morgan fingerprint density at radius 1 is 1.19 bits per heavy atom. The number of hydrogen-bond acceptors (Lipinski definition) is 3. The maximum atomic E-state index is 13.8. The minimum atomic E-state index is -0.317. The van der Waals surface area contributed by atoms with E-state index in [1.54, 1.807) is 25.3 Å². The third-order valence-corrected chi connectivity index (χ3v) is 6.42. The second kappa shape index (κ2) is 9.42. The summed E-state index contributed by atoms with van der Waals surface area (Å²) >= 11 is 0. The number of benzene rings is 2. The highest BCUT2D eigenvalue weighted by Gasteiger charge is 2.30. The predicted molar refractivity (Wildman–Crippen MR) is 121 cm³/mol. The van der Waals surface area contributed by atoms with Gasteiger partial charge in [-0.1, -0.05) is 25.1 Å². The average molecular weight is 438 g/mol. The zero-order valence-electron chi connectivity index (χ0n) is 18.4. The molecule has 0 bridgehead atoms. The van der Waals surface area contributed by atoms with Gasteiger partial charge in [-0.25, -0.2) is 4.39 Å². The minimum Gasteiger partial charge on any atom is -0.497 e. The molecular formula is C25H28FN3O3. The van der Waals surface area contributed by atoms with Crippen LogP contribution in [0, 0.1) is 17.7 Å². The van der Waals surface area contributed by atoms with E-state index in [4.69, 9.17) is 4.74 Å². The van der Waals surface area contributed by atoms with Gasteiger partial charge in [0.25, 0.3) is 5.91 Å². The van der Waals surface area contributed by atoms with Crippen LogP contribution in [0.2, 0.25) is 0 Å². The van der Waals surface area contributed by atoms with Crippen LogP contribution in [0.25, 0.3) is 10.9 Å². The highest BCUT2D eigenvalue weighted by Crippen LogP contribution is 2.27. The molecule has 0 spiro atoms. The lowest BCUT2D eigenvalue weighted by Gasteiger charge is -2.34. The van der Waals surface area contributed by atoms with Crippen LogP contribution in [0.5, 0.6) is 5.75 Å². The van der Waals surface area contributed by atoms with Crippen LogP contribution in [0.1, 0.15) is 35.8 Å². The molecular weight excluding hydrogens is 409 g/mol. The van der Waals surface area contributed by atoms with Gasteiger partial charge >= 0.3 is 0 Å². The molecule has 2 N–H and O–H groups in total. The van der Waals surface area contributed by atoms with E-state index in [0.717, 1.165) is 29.5 Å². The molecule has 1 atom stereocenters. The van der Waals surface area contributed by atoms with Gasteiger partial charge in [-0.2, -0.15) is 0 Å². The first-order valence-electron chi connectivity index (χ1n) is 10.9. The van der Waals surface area contributed by atoms with Crippen molar-refractivity contribution in [3.63, 3.8) is 0 Å². The number of halogens is 1. The van der Waals surface area contributed by atoms with Crippen LogP contribution in [0.15, 0.2) is 48.5 Å². The number of nitrogens with zero attached hydrogens (tertiary/aromatic N) is 1. The fraction of sp³-hybridized carbons (Fsp3) is 0.360. The normalized spacial score (nSPS) is 15.5. The molecule has 0 radical (unpaired) electrons. The van der Waals surface area contributed by atoms with Crippen LogP contribution in [-0.4, -0.2) is 41.9 Å². The molecule has 168 valence electrons. The number of H-pyrrole nitrogens is 1. The summed E-state index contributed by atoms with van der Waals surface area (Å²) in [6, 6.07) is 14.0. The maximum absolute atomic E-state index is 13.8. The van der Waals surface area contributed by atoms with Crippen LogP contribution < -0.4 is 10.1 Å². The molecule has 0 aliphatic carbocycles. The molecule has 2 amide bonds. The number of nitrogens with one attached hydrogen (secondary N) is 2. The van der Waals surface area contributed by atoms with Gasteiger partial charge in [0, 0.05) is 48.1 Å². The minimum absolute atomic E-state index is 0.0322. The Morgan fingerprint density at radius 2 is 1.94 bits per heavy atom. The topological polar surface area (TPSA) is 74.4 Å². The van der Waals surface area contributed by atoms with Crippen molar-refractivity contribution >= 4 is 22.7 Å². The van der Waals surface area contributed by atoms with Crippen LogP contribution in [0.3, 0.4) is 0 Å². The Kier molecular flexibility index (Phi) is 6.44. The Labute approximate surface area is 186 Å². The van der Waals surface area contributed by atoms with E-state index in [1.807, 2.05) is 36.1 Å². The number of carbonyl (C=O) groups is 2. The molecule has 3 aromatic rings. The third kappa shape index (κ3) is 4.61. The van der Waals surface area contributed by atoms with Crippen LogP contribution in [-0.2, 0) is 11.3 Å². The zero-order valence-corrected chi connectivity index (χ0v) is 18.4. The summed E-state index contributed by atoms with van der Waals surface area (Å²) < 4.78 is 19.0. The fourth-order valence-electron chi connectivity index (χ4n) is 4.32. The Morgan fingerprint density at radius 3 is 2.66 bits per heavy atom. The van der Waals surface area contributed by atoms with E-state index in [0.29, 0.717) is 24.3 Å². The number of aromatic amines is 1. The number of amides is 2. The molecule has 32 heavy (non-hydrogen) atoms. The number of carbonyl (C=O) groups excluding carboxylic acids is 2. The molecule has 7 heteroatoms. The maximum Gasteiger partial charge on any atom is 0.270 e. The number of fused-ring (bicyclic) bond motifs is 1. The molecule has 2 aromatic carbocycles. The number of rotatable bonds is 6. The highest BCUT2D eigenvalue weighted by molar-refractivity contribution is 5.98. The lowest BCUT2D eigenvalue weighted by molar-refractivity contribution is -0.126. The summed E-state index contributed by atoms with van der Waals surface area (Å²) in [7, 11) is 1.61. The number of likely N-dealkylation sites (tertiary alicyclic amines) is 1. The molecule has 1 saturated heterocycles. The average Bonchev–Trinajstić information content (AvgIpc) is 3.26. The van der Waals surface area contributed by atoms with E-state index in [2.05, 4.69) is 10.3 Å². The Bertz CT molecular complexity index is 1120. The molecule has 2 heterocycles. The van der Waals surface area contributed by atoms with Crippen molar-refractivity contribution in [3.05, 3.63) is 65.6 Å². The summed E-state index contributed by atoms with van der Waals surface area (Å²) in [5.74, 6) is 0.299. The quantitative estimate of drug-likeness (QED) is 0.609. The van der Waals surface area contributed by atoms with Gasteiger partial charge in [0.2, 0.25) is 5.91 Å². The van der Waals surface area contributed by atoms with Gasteiger partial charge in [0.05, 0.1) is 7.11 Å². The number of ether oxygens (including phenoxy) is 1. The molecule has 1 aromatic heterocycles. The largest absolute Gasteiger partial charge is 0.497 e. The van der Waals surface area contributed by atoms with Gasteiger partial charge in [0.15, 0.2) is 0 Å². The second-order valence-electron chi connectivity index (χ2n) is 8.36. The summed E-state index contributed by atoms with van der Waals surface area (Å²) in [5, 5.41) is 3.81. The van der Waals surface area contributed by atoms with Gasteiger partial charge in [-0.05, 0) is 43.0 Å². The fourth-order valence-corrected chi connectivity index (χ4v) is 4.32. The number of methoxy groups -OCH3 is 1. The summed E-state index contributed by atoms with van der Waals surface area (Å²) in [4.78, 5) is 30.6. The number of hydrogen-bond donors (Lipinski definition) is 2. The zero-order chi connectivity index (χ0) is 22.7. The lowest BCUT2D eigenvalue weighted by Crippen LogP contribution is -2.42. The lowest BCUT2D eigenvalue weighted by atomic mass is 9.84. The van der Waals surface area contributed by atoms with Crippen molar-refractivity contribution in [2.45, 2.75) is 26.3 Å². The van der Waals surface area contributed by atoms with Crippen molar-refractivity contribution in [3.8, 4) is 5.75 Å².